The van der Waals surface area contributed by atoms with Crippen molar-refractivity contribution in [2.75, 3.05) is 18.8 Å². The molecule has 20 heavy (non-hydrogen) atoms. The maximum Gasteiger partial charge on any atom is 0.401 e. The van der Waals surface area contributed by atoms with Gasteiger partial charge in [-0.15, -0.1) is 23.7 Å². The summed E-state index contributed by atoms with van der Waals surface area (Å²) < 4.78 is 73.0. The molecule has 3 nitrogen and oxygen atoms in total. The second-order valence-corrected chi connectivity index (χ2v) is 5.00. The number of nitrogens with zero attached hydrogens (tertiary/aromatic N) is 2. The Morgan fingerprint density at radius 2 is 1.75 bits per heavy atom. The largest absolute Gasteiger partial charge is 0.401 e. The monoisotopic (exact) mass is 343 g/mol. The van der Waals surface area contributed by atoms with Gasteiger partial charge in [0.25, 0.3) is 0 Å². The third kappa shape index (κ3) is 8.43. The Hall–Kier alpha value is -0.740. The summed E-state index contributed by atoms with van der Waals surface area (Å²) >= 11 is 0.952. The summed E-state index contributed by atoms with van der Waals surface area (Å²) in [5.74, 6) is 0. The minimum Gasteiger partial charge on any atom is -0.375 e. The number of anilines is 1. The van der Waals surface area contributed by atoms with Gasteiger partial charge in [-0.25, -0.2) is 4.98 Å². The summed E-state index contributed by atoms with van der Waals surface area (Å²) in [7, 11) is 0. The van der Waals surface area contributed by atoms with Crippen LogP contribution in [0.5, 0.6) is 0 Å². The van der Waals surface area contributed by atoms with E-state index in [1.807, 2.05) is 0 Å². The number of hydrogen-bond acceptors (Lipinski definition) is 4. The third-order valence-electron chi connectivity index (χ3n) is 2.07. The molecule has 0 fully saturated rings. The van der Waals surface area contributed by atoms with Gasteiger partial charge in [-0.05, 0) is 0 Å². The van der Waals surface area contributed by atoms with E-state index in [-0.39, 0.29) is 24.1 Å². The molecule has 0 amide bonds. The molecule has 1 rings (SSSR count). The lowest BCUT2D eigenvalue weighted by Gasteiger charge is -2.23. The summed E-state index contributed by atoms with van der Waals surface area (Å²) in [6.07, 6.45) is -9.08. The normalized spacial score (nSPS) is 12.6. The van der Waals surface area contributed by atoms with Gasteiger partial charge in [0, 0.05) is 24.2 Å². The lowest BCUT2D eigenvalue weighted by atomic mass is 10.3. The topological polar surface area (TPSA) is 42.1 Å². The number of hydrogen-bond donors (Lipinski definition) is 1. The summed E-state index contributed by atoms with van der Waals surface area (Å²) in [5, 5.41) is 0.165. The van der Waals surface area contributed by atoms with Gasteiger partial charge in [0.05, 0.1) is 13.0 Å². The van der Waals surface area contributed by atoms with Crippen molar-refractivity contribution in [3.8, 4) is 0 Å². The smallest absolute Gasteiger partial charge is 0.375 e. The van der Waals surface area contributed by atoms with Crippen molar-refractivity contribution in [2.45, 2.75) is 25.3 Å². The Balaban J connectivity index is 0.00000361. The predicted molar refractivity (Wildman–Crippen MR) is 65.8 cm³/mol. The first-order valence-corrected chi connectivity index (χ1v) is 5.93. The molecule has 0 aliphatic rings. The fraction of sp³-hybridized carbons (Fsp3) is 0.667. The minimum absolute atomic E-state index is 0. The Labute approximate surface area is 121 Å². The SMILES string of the molecule is Cl.Nc1ncc(CN(CCC(F)(F)F)CC(F)(F)F)s1. The standard InChI is InChI=1S/C9H11F6N3S.ClH/c10-8(11,12)1-2-18(5-9(13,14)15)4-6-3-17-7(16)19-6;/h3H,1-2,4-5H2,(H2,16,17);1H. The molecule has 11 heteroatoms. The molecule has 0 bridgehead atoms. The minimum atomic E-state index is -4.55. The molecule has 0 aliphatic carbocycles. The zero-order chi connectivity index (χ0) is 14.7. The number of rotatable bonds is 5. The molecular formula is C9H12ClF6N3S. The number of thiazole rings is 1. The number of nitrogen functional groups attached to an aromatic ring is 1. The second-order valence-electron chi connectivity index (χ2n) is 3.86. The van der Waals surface area contributed by atoms with E-state index >= 15 is 0 Å². The van der Waals surface area contributed by atoms with Crippen LogP contribution >= 0.6 is 23.7 Å². The molecule has 0 atom stereocenters. The molecule has 0 spiro atoms. The maximum absolute atomic E-state index is 12.3. The van der Waals surface area contributed by atoms with Gasteiger partial charge in [-0.2, -0.15) is 26.3 Å². The quantitative estimate of drug-likeness (QED) is 0.832. The van der Waals surface area contributed by atoms with Crippen LogP contribution in [0.1, 0.15) is 11.3 Å². The van der Waals surface area contributed by atoms with Crippen molar-refractivity contribution < 1.29 is 26.3 Å². The molecule has 1 heterocycles. The van der Waals surface area contributed by atoms with Gasteiger partial charge in [-0.3, -0.25) is 4.90 Å². The second kappa shape index (κ2) is 7.32. The van der Waals surface area contributed by atoms with Crippen LogP contribution in [0, 0.1) is 0 Å². The van der Waals surface area contributed by atoms with Crippen molar-refractivity contribution in [1.82, 2.24) is 9.88 Å². The average Bonchev–Trinajstić information content (AvgIpc) is 2.57. The lowest BCUT2D eigenvalue weighted by Crippen LogP contribution is -2.36. The number of aromatic nitrogens is 1. The van der Waals surface area contributed by atoms with E-state index in [0.29, 0.717) is 9.78 Å². The highest BCUT2D eigenvalue weighted by Crippen LogP contribution is 2.24. The summed E-state index contributed by atoms with van der Waals surface area (Å²) in [5.41, 5.74) is 5.31. The van der Waals surface area contributed by atoms with E-state index < -0.39 is 31.9 Å². The van der Waals surface area contributed by atoms with Crippen LogP contribution < -0.4 is 5.73 Å². The number of halogens is 7. The molecule has 0 radical (unpaired) electrons. The van der Waals surface area contributed by atoms with Crippen molar-refractivity contribution in [3.63, 3.8) is 0 Å². The first-order valence-electron chi connectivity index (χ1n) is 5.11. The Kier molecular flexibility index (Phi) is 7.05. The van der Waals surface area contributed by atoms with Crippen LogP contribution in [0.25, 0.3) is 0 Å². The van der Waals surface area contributed by atoms with Crippen LogP contribution in [-0.4, -0.2) is 35.3 Å². The van der Waals surface area contributed by atoms with Crippen LogP contribution in [0.15, 0.2) is 6.20 Å². The molecule has 118 valence electrons. The van der Waals surface area contributed by atoms with E-state index in [1.54, 1.807) is 0 Å². The number of alkyl halides is 6. The first kappa shape index (κ1) is 19.3. The predicted octanol–water partition coefficient (Wildman–Crippen LogP) is 3.46. The summed E-state index contributed by atoms with van der Waals surface area (Å²) in [6, 6.07) is 0. The van der Waals surface area contributed by atoms with Crippen LogP contribution in [0.2, 0.25) is 0 Å². The van der Waals surface area contributed by atoms with Crippen molar-refractivity contribution in [2.24, 2.45) is 0 Å². The first-order chi connectivity index (χ1) is 8.55. The molecule has 0 unspecified atom stereocenters. The van der Waals surface area contributed by atoms with Gasteiger partial charge in [0.1, 0.15) is 0 Å². The fourth-order valence-electron chi connectivity index (χ4n) is 1.37. The molecule has 0 aliphatic heterocycles. The van der Waals surface area contributed by atoms with E-state index in [2.05, 4.69) is 4.98 Å². The fourth-order valence-corrected chi connectivity index (χ4v) is 2.10. The molecule has 1 aromatic rings. The van der Waals surface area contributed by atoms with Crippen molar-refractivity contribution >= 4 is 28.9 Å². The average molecular weight is 344 g/mol. The van der Waals surface area contributed by atoms with Crippen molar-refractivity contribution in [1.29, 1.82) is 0 Å². The van der Waals surface area contributed by atoms with Crippen LogP contribution in [-0.2, 0) is 6.54 Å². The molecular weight excluding hydrogens is 332 g/mol. The van der Waals surface area contributed by atoms with Gasteiger partial charge in [0.15, 0.2) is 5.13 Å². The van der Waals surface area contributed by atoms with E-state index in [9.17, 15) is 26.3 Å². The van der Waals surface area contributed by atoms with Crippen LogP contribution in [0.3, 0.4) is 0 Å². The summed E-state index contributed by atoms with van der Waals surface area (Å²) in [6.45, 7) is -2.38. The van der Waals surface area contributed by atoms with Crippen LogP contribution in [0.4, 0.5) is 31.5 Å². The molecule has 2 N–H and O–H groups in total. The zero-order valence-electron chi connectivity index (χ0n) is 9.96. The summed E-state index contributed by atoms with van der Waals surface area (Å²) in [4.78, 5) is 4.71. The highest BCUT2D eigenvalue weighted by Gasteiger charge is 2.34. The molecule has 0 saturated carbocycles. The van der Waals surface area contributed by atoms with E-state index in [1.165, 1.54) is 6.20 Å². The highest BCUT2D eigenvalue weighted by molar-refractivity contribution is 7.15. The van der Waals surface area contributed by atoms with Crippen molar-refractivity contribution in [3.05, 3.63) is 11.1 Å². The molecule has 0 saturated heterocycles. The third-order valence-corrected chi connectivity index (χ3v) is 2.88. The van der Waals surface area contributed by atoms with Gasteiger partial charge in [-0.1, -0.05) is 0 Å². The zero-order valence-corrected chi connectivity index (χ0v) is 11.6. The van der Waals surface area contributed by atoms with E-state index in [4.69, 9.17) is 5.73 Å². The molecule has 0 aromatic carbocycles. The molecule has 1 aromatic heterocycles. The van der Waals surface area contributed by atoms with E-state index in [0.717, 1.165) is 11.3 Å². The highest BCUT2D eigenvalue weighted by atomic mass is 35.5. The maximum atomic E-state index is 12.3. The number of nitrogens with two attached hydrogens (primary N) is 1. The Morgan fingerprint density at radius 3 is 2.15 bits per heavy atom. The van der Waals surface area contributed by atoms with Gasteiger partial charge in [0.2, 0.25) is 0 Å². The van der Waals surface area contributed by atoms with Gasteiger partial charge >= 0.3 is 12.4 Å². The Bertz CT molecular complexity index is 405. The van der Waals surface area contributed by atoms with Gasteiger partial charge < -0.3 is 5.73 Å². The lowest BCUT2D eigenvalue weighted by molar-refractivity contribution is -0.161. The Morgan fingerprint density at radius 1 is 1.15 bits per heavy atom.